The maximum Gasteiger partial charge on any atom is 0.166 e. The lowest BCUT2D eigenvalue weighted by Gasteiger charge is -2.10. The topological polar surface area (TPSA) is 50.8 Å². The first-order valence-electron chi connectivity index (χ1n) is 9.50. The molecule has 2 aromatic carbocycles. The van der Waals surface area contributed by atoms with Gasteiger partial charge in [0.05, 0.1) is 23.8 Å². The molecule has 148 valence electrons. The highest BCUT2D eigenvalue weighted by atomic mass is 32.2. The Morgan fingerprint density at radius 1 is 1.00 bits per heavy atom. The van der Waals surface area contributed by atoms with Crippen LogP contribution in [0.4, 0.5) is 0 Å². The van der Waals surface area contributed by atoms with Crippen LogP contribution in [0.1, 0.15) is 16.8 Å². The molecule has 0 unspecified atom stereocenters. The molecule has 0 spiro atoms. The minimum Gasteiger partial charge on any atom is -0.497 e. The zero-order valence-corrected chi connectivity index (χ0v) is 18.1. The van der Waals surface area contributed by atoms with Crippen LogP contribution in [0.15, 0.2) is 70.8 Å². The number of H-pyrrole nitrogens is 1. The van der Waals surface area contributed by atoms with E-state index in [4.69, 9.17) is 4.74 Å². The van der Waals surface area contributed by atoms with Crippen LogP contribution in [-0.4, -0.2) is 27.8 Å². The van der Waals surface area contributed by atoms with Gasteiger partial charge in [-0.05, 0) is 54.8 Å². The molecule has 2 heterocycles. The second-order valence-corrected chi connectivity index (χ2v) is 8.78. The van der Waals surface area contributed by atoms with Crippen LogP contribution >= 0.6 is 23.5 Å². The Balaban J connectivity index is 1.36. The van der Waals surface area contributed by atoms with Crippen LogP contribution < -0.4 is 4.74 Å². The Kier molecular flexibility index (Phi) is 6.42. The molecule has 0 aliphatic carbocycles. The van der Waals surface area contributed by atoms with E-state index in [1.54, 1.807) is 18.9 Å². The van der Waals surface area contributed by atoms with E-state index in [0.717, 1.165) is 45.6 Å². The summed E-state index contributed by atoms with van der Waals surface area (Å²) in [5, 5.41) is 0.935. The van der Waals surface area contributed by atoms with Gasteiger partial charge in [0.25, 0.3) is 0 Å². The molecule has 0 atom stereocenters. The number of hydrogen-bond acceptors (Lipinski definition) is 5. The van der Waals surface area contributed by atoms with E-state index in [9.17, 15) is 0 Å². The number of thioether (sulfide) groups is 2. The number of aromatic amines is 1. The highest BCUT2D eigenvalue weighted by Crippen LogP contribution is 2.29. The molecule has 29 heavy (non-hydrogen) atoms. The van der Waals surface area contributed by atoms with Crippen molar-refractivity contribution in [3.63, 3.8) is 0 Å². The van der Waals surface area contributed by atoms with E-state index < -0.39 is 0 Å². The minimum atomic E-state index is 0.804. The van der Waals surface area contributed by atoms with Crippen LogP contribution in [0.3, 0.4) is 0 Å². The first-order valence-corrected chi connectivity index (χ1v) is 11.5. The second kappa shape index (κ2) is 9.37. The predicted octanol–water partition coefficient (Wildman–Crippen LogP) is 5.90. The number of nitrogens with zero attached hydrogens (tertiary/aromatic N) is 2. The van der Waals surface area contributed by atoms with Crippen molar-refractivity contribution >= 4 is 34.6 Å². The zero-order chi connectivity index (χ0) is 20.1. The molecule has 0 radical (unpaired) electrons. The van der Waals surface area contributed by atoms with E-state index >= 15 is 0 Å². The van der Waals surface area contributed by atoms with E-state index in [1.807, 2.05) is 48.3 Å². The van der Waals surface area contributed by atoms with Crippen LogP contribution in [-0.2, 0) is 12.2 Å². The Morgan fingerprint density at radius 3 is 2.62 bits per heavy atom. The first kappa shape index (κ1) is 19.9. The van der Waals surface area contributed by atoms with Gasteiger partial charge in [0.15, 0.2) is 5.16 Å². The molecule has 0 aliphatic rings. The summed E-state index contributed by atoms with van der Waals surface area (Å²) in [6.45, 7) is 2.16. The smallest absolute Gasteiger partial charge is 0.166 e. The second-order valence-electron chi connectivity index (χ2n) is 6.68. The van der Waals surface area contributed by atoms with Crippen molar-refractivity contribution < 1.29 is 4.74 Å². The average Bonchev–Trinajstić information content (AvgIpc) is 3.17. The molecular formula is C23H23N3OS2. The van der Waals surface area contributed by atoms with Crippen molar-refractivity contribution in [2.24, 2.45) is 0 Å². The lowest BCUT2D eigenvalue weighted by Crippen LogP contribution is -1.96. The number of ether oxygens (including phenoxy) is 1. The van der Waals surface area contributed by atoms with Crippen molar-refractivity contribution in [1.82, 2.24) is 15.0 Å². The Morgan fingerprint density at radius 2 is 1.83 bits per heavy atom. The van der Waals surface area contributed by atoms with Gasteiger partial charge in [0.2, 0.25) is 0 Å². The number of methoxy groups -OCH3 is 1. The fourth-order valence-electron chi connectivity index (χ4n) is 3.07. The Bertz CT molecular complexity index is 1060. The molecule has 4 nitrogen and oxygen atoms in total. The maximum atomic E-state index is 5.22. The number of hydrogen-bond donors (Lipinski definition) is 1. The first-order chi connectivity index (χ1) is 14.2. The average molecular weight is 422 g/mol. The molecule has 4 rings (SSSR count). The number of fused-ring (bicyclic) bond motifs is 1. The fraction of sp³-hybridized carbons (Fsp3) is 0.217. The number of pyridine rings is 1. The SMILES string of the molecule is COc1ccc(CCSc2ccnc(CSc3nc4ccccc4[nH]3)c2C)cc1. The van der Waals surface area contributed by atoms with Crippen molar-refractivity contribution in [3.05, 3.63) is 77.6 Å². The summed E-state index contributed by atoms with van der Waals surface area (Å²) in [5.41, 5.74) is 5.77. The van der Waals surface area contributed by atoms with Gasteiger partial charge in [-0.25, -0.2) is 4.98 Å². The molecule has 0 amide bonds. The van der Waals surface area contributed by atoms with E-state index in [1.165, 1.54) is 16.0 Å². The highest BCUT2D eigenvalue weighted by Gasteiger charge is 2.09. The zero-order valence-electron chi connectivity index (χ0n) is 16.5. The number of para-hydroxylation sites is 2. The molecule has 1 N–H and O–H groups in total. The Hall–Kier alpha value is -2.44. The van der Waals surface area contributed by atoms with Gasteiger partial charge in [0, 0.05) is 22.6 Å². The largest absolute Gasteiger partial charge is 0.497 e. The van der Waals surface area contributed by atoms with Crippen molar-refractivity contribution in [1.29, 1.82) is 0 Å². The summed E-state index contributed by atoms with van der Waals surface area (Å²) in [4.78, 5) is 13.9. The monoisotopic (exact) mass is 421 g/mol. The van der Waals surface area contributed by atoms with Gasteiger partial charge in [0.1, 0.15) is 5.75 Å². The van der Waals surface area contributed by atoms with Crippen molar-refractivity contribution in [2.45, 2.75) is 29.1 Å². The molecule has 0 aliphatic heterocycles. The lowest BCUT2D eigenvalue weighted by molar-refractivity contribution is 0.414. The normalized spacial score (nSPS) is 11.1. The summed E-state index contributed by atoms with van der Waals surface area (Å²) in [6.07, 6.45) is 2.94. The lowest BCUT2D eigenvalue weighted by atomic mass is 10.2. The van der Waals surface area contributed by atoms with Gasteiger partial charge < -0.3 is 9.72 Å². The van der Waals surface area contributed by atoms with Crippen LogP contribution in [0.25, 0.3) is 11.0 Å². The predicted molar refractivity (Wildman–Crippen MR) is 122 cm³/mol. The maximum absolute atomic E-state index is 5.22. The molecular weight excluding hydrogens is 398 g/mol. The Labute approximate surface area is 179 Å². The molecule has 4 aromatic rings. The molecule has 0 saturated carbocycles. The van der Waals surface area contributed by atoms with Gasteiger partial charge >= 0.3 is 0 Å². The minimum absolute atomic E-state index is 0.804. The third kappa shape index (κ3) is 4.95. The van der Waals surface area contributed by atoms with Gasteiger partial charge in [-0.2, -0.15) is 0 Å². The molecule has 0 bridgehead atoms. The van der Waals surface area contributed by atoms with Crippen molar-refractivity contribution in [2.75, 3.05) is 12.9 Å². The third-order valence-corrected chi connectivity index (χ3v) is 6.83. The quantitative estimate of drug-likeness (QED) is 0.359. The molecule has 0 fully saturated rings. The number of nitrogens with one attached hydrogen (secondary N) is 1. The number of aromatic nitrogens is 3. The molecule has 6 heteroatoms. The van der Waals surface area contributed by atoms with Gasteiger partial charge in [-0.15, -0.1) is 11.8 Å². The summed E-state index contributed by atoms with van der Waals surface area (Å²) in [5.74, 6) is 2.74. The molecule has 0 saturated heterocycles. The van der Waals surface area contributed by atoms with Gasteiger partial charge in [-0.3, -0.25) is 4.98 Å². The van der Waals surface area contributed by atoms with E-state index in [-0.39, 0.29) is 0 Å². The highest BCUT2D eigenvalue weighted by molar-refractivity contribution is 7.99. The van der Waals surface area contributed by atoms with Gasteiger partial charge in [-0.1, -0.05) is 36.0 Å². The third-order valence-electron chi connectivity index (χ3n) is 4.78. The number of rotatable bonds is 8. The number of imidazole rings is 1. The van der Waals surface area contributed by atoms with E-state index in [0.29, 0.717) is 0 Å². The fourth-order valence-corrected chi connectivity index (χ4v) is 5.02. The number of aryl methyl sites for hydroxylation is 1. The number of benzene rings is 2. The standard InChI is InChI=1S/C23H23N3OS2/c1-16-21(15-29-23-25-19-5-3-4-6-20(19)26-23)24-13-11-22(16)28-14-12-17-7-9-18(27-2)10-8-17/h3-11,13H,12,14-15H2,1-2H3,(H,25,26). The van der Waals surface area contributed by atoms with Crippen LogP contribution in [0, 0.1) is 6.92 Å². The molecule has 2 aromatic heterocycles. The summed E-state index contributed by atoms with van der Waals surface area (Å²) >= 11 is 3.58. The van der Waals surface area contributed by atoms with E-state index in [2.05, 4.69) is 46.1 Å². The van der Waals surface area contributed by atoms with Crippen LogP contribution in [0.2, 0.25) is 0 Å². The summed E-state index contributed by atoms with van der Waals surface area (Å²) in [7, 11) is 1.70. The summed E-state index contributed by atoms with van der Waals surface area (Å²) in [6, 6.07) is 18.5. The van der Waals surface area contributed by atoms with Crippen LogP contribution in [0.5, 0.6) is 5.75 Å². The summed E-state index contributed by atoms with van der Waals surface area (Å²) < 4.78 is 5.22. The van der Waals surface area contributed by atoms with Crippen molar-refractivity contribution in [3.8, 4) is 5.75 Å².